The number of hydrogen-bond donors (Lipinski definition) is 2. The van der Waals surface area contributed by atoms with Crippen LogP contribution in [-0.4, -0.2) is 36.0 Å². The van der Waals surface area contributed by atoms with E-state index in [-0.39, 0.29) is 24.0 Å². The number of nitrogens with zero attached hydrogens (tertiary/aromatic N) is 2. The zero-order valence-corrected chi connectivity index (χ0v) is 13.4. The molecule has 6 nitrogen and oxygen atoms in total. The van der Waals surface area contributed by atoms with E-state index in [1.807, 2.05) is 20.8 Å². The molecular formula is C16H22N4O2. The number of rotatable bonds is 4. The fourth-order valence-electron chi connectivity index (χ4n) is 1.76. The molecule has 0 unspecified atom stereocenters. The van der Waals surface area contributed by atoms with Crippen LogP contribution in [0.5, 0.6) is 0 Å². The summed E-state index contributed by atoms with van der Waals surface area (Å²) in [6.07, 6.45) is 0.334. The number of likely N-dealkylation sites (N-methyl/N-ethyl adjacent to an activating group) is 1. The monoisotopic (exact) mass is 302 g/mol. The lowest BCUT2D eigenvalue weighted by Crippen LogP contribution is -2.47. The number of amides is 3. The third kappa shape index (κ3) is 6.27. The Balaban J connectivity index is 2.53. The van der Waals surface area contributed by atoms with Gasteiger partial charge >= 0.3 is 6.03 Å². The van der Waals surface area contributed by atoms with Gasteiger partial charge in [0.1, 0.15) is 6.54 Å². The summed E-state index contributed by atoms with van der Waals surface area (Å²) in [5.41, 5.74) is 1.18. The van der Waals surface area contributed by atoms with Gasteiger partial charge in [-0.05, 0) is 38.5 Å². The van der Waals surface area contributed by atoms with Gasteiger partial charge in [0.05, 0.1) is 12.5 Å². The molecule has 0 aliphatic rings. The highest BCUT2D eigenvalue weighted by atomic mass is 16.2. The van der Waals surface area contributed by atoms with Crippen molar-refractivity contribution in [3.8, 4) is 6.07 Å². The first-order valence-corrected chi connectivity index (χ1v) is 7.00. The van der Waals surface area contributed by atoms with Gasteiger partial charge in [-0.25, -0.2) is 4.79 Å². The third-order valence-corrected chi connectivity index (χ3v) is 2.73. The van der Waals surface area contributed by atoms with E-state index in [2.05, 4.69) is 16.7 Å². The lowest BCUT2D eigenvalue weighted by atomic mass is 10.1. The summed E-state index contributed by atoms with van der Waals surface area (Å²) >= 11 is 0. The molecule has 0 radical (unpaired) electrons. The molecule has 2 N–H and O–H groups in total. The van der Waals surface area contributed by atoms with Gasteiger partial charge in [-0.1, -0.05) is 12.1 Å². The molecule has 0 atom stereocenters. The number of carbonyl (C=O) groups is 2. The molecule has 1 rings (SSSR count). The SMILES string of the molecule is CN(CC(=O)NC(C)(C)C)C(=O)Nc1ccc(CC#N)cc1. The van der Waals surface area contributed by atoms with E-state index >= 15 is 0 Å². The van der Waals surface area contributed by atoms with Gasteiger partial charge in [0.2, 0.25) is 5.91 Å². The summed E-state index contributed by atoms with van der Waals surface area (Å²) in [6, 6.07) is 8.72. The molecule has 1 aromatic rings. The Morgan fingerprint density at radius 2 is 1.82 bits per heavy atom. The van der Waals surface area contributed by atoms with Crippen molar-refractivity contribution in [3.63, 3.8) is 0 Å². The van der Waals surface area contributed by atoms with Crippen molar-refractivity contribution in [2.75, 3.05) is 18.9 Å². The maximum Gasteiger partial charge on any atom is 0.322 e. The van der Waals surface area contributed by atoms with Gasteiger partial charge in [-0.15, -0.1) is 0 Å². The lowest BCUT2D eigenvalue weighted by Gasteiger charge is -2.23. The van der Waals surface area contributed by atoms with E-state index in [0.717, 1.165) is 5.56 Å². The summed E-state index contributed by atoms with van der Waals surface area (Å²) in [6.45, 7) is 5.63. The lowest BCUT2D eigenvalue weighted by molar-refractivity contribution is -0.122. The van der Waals surface area contributed by atoms with Crippen LogP contribution in [0.2, 0.25) is 0 Å². The van der Waals surface area contributed by atoms with Crippen LogP contribution in [0.4, 0.5) is 10.5 Å². The first-order valence-electron chi connectivity index (χ1n) is 7.00. The third-order valence-electron chi connectivity index (χ3n) is 2.73. The van der Waals surface area contributed by atoms with Crippen molar-refractivity contribution in [1.29, 1.82) is 5.26 Å². The Hall–Kier alpha value is -2.55. The molecule has 1 aromatic carbocycles. The quantitative estimate of drug-likeness (QED) is 0.893. The van der Waals surface area contributed by atoms with Crippen molar-refractivity contribution < 1.29 is 9.59 Å². The van der Waals surface area contributed by atoms with Crippen LogP contribution >= 0.6 is 0 Å². The summed E-state index contributed by atoms with van der Waals surface area (Å²) in [5.74, 6) is -0.213. The summed E-state index contributed by atoms with van der Waals surface area (Å²) in [7, 11) is 1.56. The zero-order chi connectivity index (χ0) is 16.8. The second-order valence-electron chi connectivity index (χ2n) is 6.12. The molecule has 118 valence electrons. The number of benzene rings is 1. The Morgan fingerprint density at radius 3 is 2.32 bits per heavy atom. The summed E-state index contributed by atoms with van der Waals surface area (Å²) < 4.78 is 0. The van der Waals surface area contributed by atoms with E-state index in [0.29, 0.717) is 12.1 Å². The topological polar surface area (TPSA) is 85.2 Å². The molecule has 6 heteroatoms. The van der Waals surface area contributed by atoms with Crippen LogP contribution in [0.3, 0.4) is 0 Å². The standard InChI is InChI=1S/C16H22N4O2/c1-16(2,3)19-14(21)11-20(4)15(22)18-13-7-5-12(6-8-13)9-10-17/h5-8H,9,11H2,1-4H3,(H,18,22)(H,19,21). The molecule has 0 fully saturated rings. The highest BCUT2D eigenvalue weighted by Gasteiger charge is 2.17. The minimum atomic E-state index is -0.364. The van der Waals surface area contributed by atoms with E-state index in [1.165, 1.54) is 4.90 Å². The second kappa shape index (κ2) is 7.46. The van der Waals surface area contributed by atoms with Crippen molar-refractivity contribution in [1.82, 2.24) is 10.2 Å². The van der Waals surface area contributed by atoms with E-state index < -0.39 is 0 Å². The van der Waals surface area contributed by atoms with E-state index in [1.54, 1.807) is 31.3 Å². The van der Waals surface area contributed by atoms with Crippen molar-refractivity contribution in [2.45, 2.75) is 32.7 Å². The molecule has 0 bridgehead atoms. The predicted molar refractivity (Wildman–Crippen MR) is 85.3 cm³/mol. The van der Waals surface area contributed by atoms with Gasteiger partial charge < -0.3 is 15.5 Å². The average Bonchev–Trinajstić information content (AvgIpc) is 2.39. The van der Waals surface area contributed by atoms with Crippen LogP contribution in [-0.2, 0) is 11.2 Å². The molecular weight excluding hydrogens is 280 g/mol. The first kappa shape index (κ1) is 17.5. The smallest absolute Gasteiger partial charge is 0.322 e. The zero-order valence-electron chi connectivity index (χ0n) is 13.4. The average molecular weight is 302 g/mol. The van der Waals surface area contributed by atoms with Crippen LogP contribution in [0.15, 0.2) is 24.3 Å². The highest BCUT2D eigenvalue weighted by Crippen LogP contribution is 2.10. The highest BCUT2D eigenvalue weighted by molar-refractivity contribution is 5.92. The molecule has 0 aliphatic heterocycles. The van der Waals surface area contributed by atoms with Crippen molar-refractivity contribution in [2.24, 2.45) is 0 Å². The van der Waals surface area contributed by atoms with E-state index in [4.69, 9.17) is 5.26 Å². The summed E-state index contributed by atoms with van der Waals surface area (Å²) in [5, 5.41) is 14.1. The second-order valence-corrected chi connectivity index (χ2v) is 6.12. The number of nitrogens with one attached hydrogen (secondary N) is 2. The van der Waals surface area contributed by atoms with Crippen LogP contribution < -0.4 is 10.6 Å². The van der Waals surface area contributed by atoms with Crippen LogP contribution in [0.1, 0.15) is 26.3 Å². The minimum Gasteiger partial charge on any atom is -0.350 e. The molecule has 0 aromatic heterocycles. The van der Waals surface area contributed by atoms with E-state index in [9.17, 15) is 9.59 Å². The number of hydrogen-bond acceptors (Lipinski definition) is 3. The normalized spacial score (nSPS) is 10.5. The Labute approximate surface area is 131 Å². The molecule has 22 heavy (non-hydrogen) atoms. The van der Waals surface area contributed by atoms with Crippen molar-refractivity contribution >= 4 is 17.6 Å². The number of carbonyl (C=O) groups excluding carboxylic acids is 2. The molecule has 0 heterocycles. The van der Waals surface area contributed by atoms with Crippen LogP contribution in [0.25, 0.3) is 0 Å². The molecule has 3 amide bonds. The van der Waals surface area contributed by atoms with Gasteiger partial charge in [-0.3, -0.25) is 4.79 Å². The Bertz CT molecular complexity index is 567. The van der Waals surface area contributed by atoms with Gasteiger partial charge in [0.25, 0.3) is 0 Å². The fourth-order valence-corrected chi connectivity index (χ4v) is 1.76. The maximum absolute atomic E-state index is 12.0. The van der Waals surface area contributed by atoms with Gasteiger partial charge in [-0.2, -0.15) is 5.26 Å². The number of nitriles is 1. The molecule has 0 saturated heterocycles. The van der Waals surface area contributed by atoms with Crippen molar-refractivity contribution in [3.05, 3.63) is 29.8 Å². The van der Waals surface area contributed by atoms with Gasteiger partial charge in [0, 0.05) is 18.3 Å². The number of anilines is 1. The fraction of sp³-hybridized carbons (Fsp3) is 0.438. The number of urea groups is 1. The van der Waals surface area contributed by atoms with Gasteiger partial charge in [0.15, 0.2) is 0 Å². The Kier molecular flexibility index (Phi) is 5.93. The Morgan fingerprint density at radius 1 is 1.23 bits per heavy atom. The molecule has 0 spiro atoms. The minimum absolute atomic E-state index is 0.0182. The molecule has 0 aliphatic carbocycles. The maximum atomic E-state index is 12.0. The first-order chi connectivity index (χ1) is 10.2. The summed E-state index contributed by atoms with van der Waals surface area (Å²) in [4.78, 5) is 25.1. The van der Waals surface area contributed by atoms with Crippen LogP contribution in [0, 0.1) is 11.3 Å². The predicted octanol–water partition coefficient (Wildman–Crippen LogP) is 2.13. The molecule has 0 saturated carbocycles. The largest absolute Gasteiger partial charge is 0.350 e.